The van der Waals surface area contributed by atoms with Crippen LogP contribution in [-0.2, 0) is 4.74 Å². The van der Waals surface area contributed by atoms with Gasteiger partial charge in [0.25, 0.3) is 0 Å². The third-order valence-electron chi connectivity index (χ3n) is 5.27. The van der Waals surface area contributed by atoms with Crippen molar-refractivity contribution >= 4 is 5.82 Å². The van der Waals surface area contributed by atoms with E-state index in [-0.39, 0.29) is 11.5 Å². The predicted molar refractivity (Wildman–Crippen MR) is 94.7 cm³/mol. The minimum atomic E-state index is 0.160. The molecule has 0 unspecified atom stereocenters. The Morgan fingerprint density at radius 3 is 2.80 bits per heavy atom. The summed E-state index contributed by atoms with van der Waals surface area (Å²) >= 11 is 0. The molecular formula is C19H24N4O2. The van der Waals surface area contributed by atoms with E-state index >= 15 is 0 Å². The predicted octanol–water partition coefficient (Wildman–Crippen LogP) is 2.63. The lowest BCUT2D eigenvalue weighted by molar-refractivity contribution is 0.0565. The summed E-state index contributed by atoms with van der Waals surface area (Å²) in [5, 5.41) is 8.48. The van der Waals surface area contributed by atoms with Crippen molar-refractivity contribution in [2.45, 2.75) is 32.3 Å². The van der Waals surface area contributed by atoms with Crippen LogP contribution in [0.5, 0.6) is 5.88 Å². The van der Waals surface area contributed by atoms with Gasteiger partial charge in [-0.2, -0.15) is 5.10 Å². The van der Waals surface area contributed by atoms with Crippen LogP contribution in [-0.4, -0.2) is 47.6 Å². The zero-order valence-corrected chi connectivity index (χ0v) is 14.6. The molecule has 0 N–H and O–H groups in total. The van der Waals surface area contributed by atoms with Crippen molar-refractivity contribution in [2.75, 3.05) is 31.2 Å². The van der Waals surface area contributed by atoms with Gasteiger partial charge >= 0.3 is 0 Å². The number of ether oxygens (including phenoxy) is 2. The summed E-state index contributed by atoms with van der Waals surface area (Å²) in [6.07, 6.45) is 5.22. The first-order valence-corrected chi connectivity index (χ1v) is 8.93. The maximum Gasteiger partial charge on any atom is 0.213 e. The molecule has 0 bridgehead atoms. The molecule has 2 fully saturated rings. The highest BCUT2D eigenvalue weighted by Gasteiger charge is 2.42. The van der Waals surface area contributed by atoms with Gasteiger partial charge in [0.1, 0.15) is 6.61 Å². The largest absolute Gasteiger partial charge is 0.475 e. The smallest absolute Gasteiger partial charge is 0.213 e. The fourth-order valence-corrected chi connectivity index (χ4v) is 3.73. The van der Waals surface area contributed by atoms with Gasteiger partial charge in [-0.15, -0.1) is 5.10 Å². The average molecular weight is 340 g/mol. The first-order valence-electron chi connectivity index (χ1n) is 8.93. The molecule has 132 valence electrons. The molecule has 0 radical (unpaired) electrons. The summed E-state index contributed by atoms with van der Waals surface area (Å²) in [6.45, 7) is 5.39. The number of aromatic nitrogens is 3. The molecular weight excluding hydrogens is 316 g/mol. The summed E-state index contributed by atoms with van der Waals surface area (Å²) in [5.41, 5.74) is 1.24. The summed E-state index contributed by atoms with van der Waals surface area (Å²) in [7, 11) is 0. The number of rotatable bonds is 4. The van der Waals surface area contributed by atoms with Gasteiger partial charge in [-0.1, -0.05) is 6.07 Å². The molecule has 4 heterocycles. The Hall–Kier alpha value is -2.21. The van der Waals surface area contributed by atoms with E-state index in [2.05, 4.69) is 26.1 Å². The Balaban J connectivity index is 1.29. The quantitative estimate of drug-likeness (QED) is 0.853. The number of nitrogens with zero attached hydrogens (tertiary/aromatic N) is 4. The molecule has 1 spiro atoms. The average Bonchev–Trinajstić information content (AvgIpc) is 3.05. The van der Waals surface area contributed by atoms with Crippen LogP contribution in [0.2, 0.25) is 0 Å². The third kappa shape index (κ3) is 3.74. The van der Waals surface area contributed by atoms with Crippen LogP contribution in [0.1, 0.15) is 25.0 Å². The van der Waals surface area contributed by atoms with Crippen molar-refractivity contribution in [1.29, 1.82) is 0 Å². The van der Waals surface area contributed by atoms with Gasteiger partial charge in [0.05, 0.1) is 18.4 Å². The summed E-state index contributed by atoms with van der Waals surface area (Å²) in [4.78, 5) is 6.52. The zero-order valence-electron chi connectivity index (χ0n) is 14.6. The molecule has 6 heteroatoms. The molecule has 2 aliphatic rings. The van der Waals surface area contributed by atoms with E-state index in [9.17, 15) is 0 Å². The van der Waals surface area contributed by atoms with E-state index in [1.165, 1.54) is 0 Å². The first-order chi connectivity index (χ1) is 12.2. The number of pyridine rings is 1. The lowest BCUT2D eigenvalue weighted by Gasteiger charge is -2.38. The van der Waals surface area contributed by atoms with Gasteiger partial charge < -0.3 is 14.4 Å². The van der Waals surface area contributed by atoms with Crippen LogP contribution in [0.4, 0.5) is 5.82 Å². The number of aryl methyl sites for hydroxylation is 1. The second-order valence-corrected chi connectivity index (χ2v) is 7.14. The minimum Gasteiger partial charge on any atom is -0.475 e. The van der Waals surface area contributed by atoms with Crippen LogP contribution in [0.25, 0.3) is 0 Å². The second kappa shape index (κ2) is 6.96. The number of hydrogen-bond acceptors (Lipinski definition) is 6. The van der Waals surface area contributed by atoms with Gasteiger partial charge in [0.15, 0.2) is 5.82 Å². The minimum absolute atomic E-state index is 0.160. The Bertz CT molecular complexity index is 684. The van der Waals surface area contributed by atoms with E-state index in [1.807, 2.05) is 31.2 Å². The molecule has 2 aromatic rings. The lowest BCUT2D eigenvalue weighted by Crippen LogP contribution is -2.41. The van der Waals surface area contributed by atoms with Gasteiger partial charge in [-0.25, -0.2) is 4.98 Å². The van der Waals surface area contributed by atoms with E-state index < -0.39 is 0 Å². The molecule has 0 aliphatic carbocycles. The normalized spacial score (nSPS) is 22.3. The van der Waals surface area contributed by atoms with Crippen molar-refractivity contribution in [1.82, 2.24) is 15.2 Å². The maximum atomic E-state index is 6.03. The SMILES string of the molecule is Cc1ccc(N2CCC3(CC2)CO[C@@H](COc2ccccn2)C3)nn1. The highest BCUT2D eigenvalue weighted by molar-refractivity contribution is 5.38. The van der Waals surface area contributed by atoms with Crippen LogP contribution in [0, 0.1) is 12.3 Å². The number of hydrogen-bond donors (Lipinski definition) is 0. The van der Waals surface area contributed by atoms with Crippen molar-refractivity contribution in [3.05, 3.63) is 42.2 Å². The second-order valence-electron chi connectivity index (χ2n) is 7.14. The lowest BCUT2D eigenvalue weighted by atomic mass is 9.76. The van der Waals surface area contributed by atoms with Crippen LogP contribution >= 0.6 is 0 Å². The van der Waals surface area contributed by atoms with E-state index in [4.69, 9.17) is 9.47 Å². The van der Waals surface area contributed by atoms with Crippen molar-refractivity contribution < 1.29 is 9.47 Å². The Morgan fingerprint density at radius 2 is 2.08 bits per heavy atom. The van der Waals surface area contributed by atoms with Crippen molar-refractivity contribution in [3.63, 3.8) is 0 Å². The van der Waals surface area contributed by atoms with Gasteiger partial charge in [-0.3, -0.25) is 0 Å². The molecule has 4 rings (SSSR count). The third-order valence-corrected chi connectivity index (χ3v) is 5.27. The Morgan fingerprint density at radius 1 is 1.20 bits per heavy atom. The fraction of sp³-hybridized carbons (Fsp3) is 0.526. The number of piperidine rings is 1. The molecule has 0 aromatic carbocycles. The van der Waals surface area contributed by atoms with E-state index in [0.29, 0.717) is 12.5 Å². The summed E-state index contributed by atoms with van der Waals surface area (Å²) < 4.78 is 11.8. The monoisotopic (exact) mass is 340 g/mol. The van der Waals surface area contributed by atoms with E-state index in [0.717, 1.165) is 50.5 Å². The van der Waals surface area contributed by atoms with Gasteiger partial charge in [0, 0.05) is 25.4 Å². The molecule has 1 atom stereocenters. The zero-order chi connectivity index (χ0) is 17.1. The molecule has 2 aliphatic heterocycles. The molecule has 2 saturated heterocycles. The van der Waals surface area contributed by atoms with Crippen LogP contribution < -0.4 is 9.64 Å². The highest BCUT2D eigenvalue weighted by atomic mass is 16.5. The highest BCUT2D eigenvalue weighted by Crippen LogP contribution is 2.42. The molecule has 2 aromatic heterocycles. The van der Waals surface area contributed by atoms with Gasteiger partial charge in [-0.05, 0) is 49.8 Å². The molecule has 25 heavy (non-hydrogen) atoms. The first kappa shape index (κ1) is 16.3. The Labute approximate surface area is 148 Å². The maximum absolute atomic E-state index is 6.03. The van der Waals surface area contributed by atoms with Crippen molar-refractivity contribution in [2.24, 2.45) is 5.41 Å². The van der Waals surface area contributed by atoms with Crippen LogP contribution in [0.15, 0.2) is 36.5 Å². The summed E-state index contributed by atoms with van der Waals surface area (Å²) in [5.74, 6) is 1.65. The Kier molecular flexibility index (Phi) is 4.53. The molecule has 0 saturated carbocycles. The number of anilines is 1. The van der Waals surface area contributed by atoms with Gasteiger partial charge in [0.2, 0.25) is 5.88 Å². The van der Waals surface area contributed by atoms with Crippen molar-refractivity contribution in [3.8, 4) is 5.88 Å². The standard InChI is InChI=1S/C19H24N4O2/c1-15-5-6-17(22-21-15)23-10-7-19(8-11-23)12-16(25-14-19)13-24-18-4-2-3-9-20-18/h2-6,9,16H,7-8,10-14H2,1H3/t16-/m1/s1. The topological polar surface area (TPSA) is 60.4 Å². The summed E-state index contributed by atoms with van der Waals surface area (Å²) in [6, 6.07) is 9.79. The van der Waals surface area contributed by atoms with Crippen LogP contribution in [0.3, 0.4) is 0 Å². The molecule has 0 amide bonds. The van der Waals surface area contributed by atoms with E-state index in [1.54, 1.807) is 6.20 Å². The molecule has 6 nitrogen and oxygen atoms in total. The fourth-order valence-electron chi connectivity index (χ4n) is 3.73.